The van der Waals surface area contributed by atoms with E-state index in [0.717, 1.165) is 31.4 Å². The van der Waals surface area contributed by atoms with Crippen molar-refractivity contribution in [2.75, 3.05) is 0 Å². The molecule has 146 valence electrons. The summed E-state index contributed by atoms with van der Waals surface area (Å²) in [5.41, 5.74) is 3.55. The van der Waals surface area contributed by atoms with E-state index in [9.17, 15) is 9.59 Å². The Labute approximate surface area is 165 Å². The van der Waals surface area contributed by atoms with Gasteiger partial charge in [0.25, 0.3) is 0 Å². The Morgan fingerprint density at radius 2 is 2.04 bits per heavy atom. The zero-order valence-corrected chi connectivity index (χ0v) is 16.3. The van der Waals surface area contributed by atoms with Gasteiger partial charge in [-0.3, -0.25) is 14.6 Å². The van der Waals surface area contributed by atoms with Crippen LogP contribution in [0.1, 0.15) is 74.1 Å². The molecule has 4 nitrogen and oxygen atoms in total. The molecule has 0 bridgehead atoms. The van der Waals surface area contributed by atoms with Crippen LogP contribution in [0.4, 0.5) is 0 Å². The van der Waals surface area contributed by atoms with Crippen LogP contribution in [0.25, 0.3) is 0 Å². The summed E-state index contributed by atoms with van der Waals surface area (Å²) < 4.78 is 0. The summed E-state index contributed by atoms with van der Waals surface area (Å²) in [5, 5.41) is 0. The number of Topliss-reactive ketones (excluding diaryl/α,β-unsaturated/α-hetero) is 1. The summed E-state index contributed by atoms with van der Waals surface area (Å²) in [6.07, 6.45) is 12.9. The smallest absolute Gasteiger partial charge is 0.248 e. The highest BCUT2D eigenvalue weighted by Crippen LogP contribution is 2.55. The number of fused-ring (bicyclic) bond motifs is 3. The van der Waals surface area contributed by atoms with E-state index >= 15 is 0 Å². The van der Waals surface area contributed by atoms with E-state index in [1.54, 1.807) is 0 Å². The number of pyridine rings is 2. The van der Waals surface area contributed by atoms with Gasteiger partial charge in [-0.05, 0) is 79.5 Å². The number of carbonyl (C=O) groups excluding carboxylic acids is 1. The second-order valence-corrected chi connectivity index (χ2v) is 9.13. The fraction of sp³-hybridized carbons (Fsp3) is 0.542. The van der Waals surface area contributed by atoms with Crippen molar-refractivity contribution in [1.82, 2.24) is 9.97 Å². The molecule has 3 aliphatic carbocycles. The van der Waals surface area contributed by atoms with Crippen molar-refractivity contribution in [2.24, 2.45) is 11.8 Å². The minimum absolute atomic E-state index is 0.00129. The van der Waals surface area contributed by atoms with Gasteiger partial charge in [0.05, 0.1) is 0 Å². The van der Waals surface area contributed by atoms with Crippen molar-refractivity contribution in [3.63, 3.8) is 0 Å². The number of aromatic nitrogens is 2. The lowest BCUT2D eigenvalue weighted by atomic mass is 9.59. The van der Waals surface area contributed by atoms with Crippen molar-refractivity contribution >= 4 is 5.78 Å². The molecule has 0 spiro atoms. The van der Waals surface area contributed by atoms with Gasteiger partial charge in [-0.25, -0.2) is 0 Å². The monoisotopic (exact) mass is 376 g/mol. The summed E-state index contributed by atoms with van der Waals surface area (Å²) in [7, 11) is 0. The molecule has 0 aliphatic heterocycles. The molecular formula is C24H28N2O2. The number of ketones is 1. The topological polar surface area (TPSA) is 62.8 Å². The van der Waals surface area contributed by atoms with Gasteiger partial charge in [-0.15, -0.1) is 0 Å². The van der Waals surface area contributed by atoms with Crippen LogP contribution in [0.2, 0.25) is 0 Å². The molecule has 1 unspecified atom stereocenters. The Kier molecular flexibility index (Phi) is 4.45. The summed E-state index contributed by atoms with van der Waals surface area (Å²) in [6, 6.07) is 7.97. The third-order valence-corrected chi connectivity index (χ3v) is 7.77. The minimum Gasteiger partial charge on any atom is -0.329 e. The fourth-order valence-electron chi connectivity index (χ4n) is 6.12. The minimum atomic E-state index is -0.0969. The number of carbonyl (C=O) groups is 1. The number of nitrogens with one attached hydrogen (secondary N) is 1. The molecule has 3 atom stereocenters. The van der Waals surface area contributed by atoms with E-state index in [1.807, 2.05) is 30.6 Å². The number of rotatable bonds is 3. The van der Waals surface area contributed by atoms with Crippen LogP contribution in [-0.4, -0.2) is 15.8 Å². The molecule has 2 heterocycles. The maximum absolute atomic E-state index is 12.4. The van der Waals surface area contributed by atoms with Crippen LogP contribution in [0, 0.1) is 11.8 Å². The molecule has 4 heteroatoms. The lowest BCUT2D eigenvalue weighted by Crippen LogP contribution is -2.43. The quantitative estimate of drug-likeness (QED) is 0.869. The Bertz CT molecular complexity index is 931. The second-order valence-electron chi connectivity index (χ2n) is 9.13. The largest absolute Gasteiger partial charge is 0.329 e. The maximum Gasteiger partial charge on any atom is 0.248 e. The zero-order chi connectivity index (χ0) is 19.1. The molecule has 5 rings (SSSR count). The van der Waals surface area contributed by atoms with E-state index in [-0.39, 0.29) is 11.0 Å². The molecule has 3 aliphatic rings. The molecule has 0 aromatic carbocycles. The van der Waals surface area contributed by atoms with Crippen molar-refractivity contribution in [3.8, 4) is 0 Å². The van der Waals surface area contributed by atoms with Gasteiger partial charge in [0.1, 0.15) is 5.78 Å². The van der Waals surface area contributed by atoms with E-state index < -0.39 is 0 Å². The van der Waals surface area contributed by atoms with Crippen LogP contribution < -0.4 is 5.56 Å². The molecule has 2 aromatic rings. The molecule has 0 amide bonds. The molecule has 2 saturated carbocycles. The Hall–Kier alpha value is -2.23. The molecule has 2 aromatic heterocycles. The Balaban J connectivity index is 1.66. The Morgan fingerprint density at radius 1 is 1.14 bits per heavy atom. The SMILES string of the molecule is O=C1CC[C@@]2(Cc3ccccn3)c3c[nH]c(=O)cc3C(C3CCC3)CC[C@H]2C1. The van der Waals surface area contributed by atoms with Crippen molar-refractivity contribution in [1.29, 1.82) is 0 Å². The highest BCUT2D eigenvalue weighted by atomic mass is 16.1. The van der Waals surface area contributed by atoms with Gasteiger partial charge in [-0.2, -0.15) is 0 Å². The summed E-state index contributed by atoms with van der Waals surface area (Å²) >= 11 is 0. The standard InChI is InChI=1S/C24H28N2O2/c27-19-9-10-24(14-18-6-1-2-11-25-18)17(12-19)7-8-20(16-4-3-5-16)21-13-23(28)26-15-22(21)24/h1-2,6,11,13,15-17,20H,3-5,7-10,12,14H2,(H,26,28)/t17-,20?,24-/m0/s1. The molecule has 0 radical (unpaired) electrons. The number of H-pyrrole nitrogens is 1. The summed E-state index contributed by atoms with van der Waals surface area (Å²) in [4.78, 5) is 32.3. The van der Waals surface area contributed by atoms with Gasteiger partial charge >= 0.3 is 0 Å². The van der Waals surface area contributed by atoms with Crippen LogP contribution >= 0.6 is 0 Å². The van der Waals surface area contributed by atoms with Crippen LogP contribution in [0.5, 0.6) is 0 Å². The number of hydrogen-bond donors (Lipinski definition) is 1. The Morgan fingerprint density at radius 3 is 2.79 bits per heavy atom. The second kappa shape index (κ2) is 6.98. The van der Waals surface area contributed by atoms with Gasteiger partial charge in [0.2, 0.25) is 5.56 Å². The summed E-state index contributed by atoms with van der Waals surface area (Å²) in [5.74, 6) is 1.90. The average molecular weight is 377 g/mol. The normalized spacial score (nSPS) is 30.1. The number of hydrogen-bond acceptors (Lipinski definition) is 3. The predicted octanol–water partition coefficient (Wildman–Crippen LogP) is 4.30. The molecular weight excluding hydrogens is 348 g/mol. The van der Waals surface area contributed by atoms with Crippen molar-refractivity contribution in [3.05, 3.63) is 63.8 Å². The maximum atomic E-state index is 12.4. The van der Waals surface area contributed by atoms with E-state index in [4.69, 9.17) is 0 Å². The predicted molar refractivity (Wildman–Crippen MR) is 108 cm³/mol. The summed E-state index contributed by atoms with van der Waals surface area (Å²) in [6.45, 7) is 0. The molecule has 2 fully saturated rings. The van der Waals surface area contributed by atoms with Gasteiger partial charge in [0.15, 0.2) is 0 Å². The first-order valence-electron chi connectivity index (χ1n) is 10.8. The van der Waals surface area contributed by atoms with Crippen LogP contribution in [0.3, 0.4) is 0 Å². The number of nitrogens with zero attached hydrogens (tertiary/aromatic N) is 1. The first-order chi connectivity index (χ1) is 13.7. The first kappa shape index (κ1) is 17.8. The molecule has 0 saturated heterocycles. The highest BCUT2D eigenvalue weighted by Gasteiger charge is 2.49. The molecule has 28 heavy (non-hydrogen) atoms. The van der Waals surface area contributed by atoms with Crippen molar-refractivity contribution < 1.29 is 4.79 Å². The van der Waals surface area contributed by atoms with E-state index in [0.29, 0.717) is 36.4 Å². The third-order valence-electron chi connectivity index (χ3n) is 7.77. The number of aromatic amines is 1. The molecule has 1 N–H and O–H groups in total. The van der Waals surface area contributed by atoms with Crippen molar-refractivity contribution in [2.45, 2.75) is 69.1 Å². The fourth-order valence-corrected chi connectivity index (χ4v) is 6.12. The highest BCUT2D eigenvalue weighted by molar-refractivity contribution is 5.80. The van der Waals surface area contributed by atoms with Crippen LogP contribution in [0.15, 0.2) is 41.5 Å². The third kappa shape index (κ3) is 2.94. The van der Waals surface area contributed by atoms with E-state index in [2.05, 4.69) is 16.0 Å². The average Bonchev–Trinajstić information content (AvgIpc) is 2.77. The van der Waals surface area contributed by atoms with E-state index in [1.165, 1.54) is 30.4 Å². The van der Waals surface area contributed by atoms with Gasteiger partial charge < -0.3 is 4.98 Å². The van der Waals surface area contributed by atoms with Gasteiger partial charge in [0, 0.05) is 42.4 Å². The van der Waals surface area contributed by atoms with Gasteiger partial charge in [-0.1, -0.05) is 12.5 Å². The first-order valence-corrected chi connectivity index (χ1v) is 10.8. The lowest BCUT2D eigenvalue weighted by Gasteiger charge is -2.44. The zero-order valence-electron chi connectivity index (χ0n) is 16.3. The lowest BCUT2D eigenvalue weighted by molar-refractivity contribution is -0.123. The van der Waals surface area contributed by atoms with Crippen LogP contribution in [-0.2, 0) is 16.6 Å².